The topological polar surface area (TPSA) is 64.4 Å². The molecule has 0 spiro atoms. The molecule has 5 nitrogen and oxygen atoms in total. The first-order valence-electron chi connectivity index (χ1n) is 9.72. The van der Waals surface area contributed by atoms with Crippen LogP contribution in [0.25, 0.3) is 21.7 Å². The third-order valence-electron chi connectivity index (χ3n) is 4.95. The first-order chi connectivity index (χ1) is 15.2. The van der Waals surface area contributed by atoms with E-state index in [1.165, 1.54) is 0 Å². The van der Waals surface area contributed by atoms with Crippen LogP contribution in [0.4, 0.5) is 5.69 Å². The van der Waals surface area contributed by atoms with Crippen LogP contribution in [0.3, 0.4) is 0 Å². The van der Waals surface area contributed by atoms with Gasteiger partial charge in [0.25, 0.3) is 5.91 Å². The van der Waals surface area contributed by atoms with Gasteiger partial charge in [0.05, 0.1) is 11.2 Å². The quantitative estimate of drug-likeness (QED) is 0.314. The summed E-state index contributed by atoms with van der Waals surface area (Å²) < 4.78 is 12.5. The third kappa shape index (κ3) is 4.02. The highest BCUT2D eigenvalue weighted by Crippen LogP contribution is 2.29. The van der Waals surface area contributed by atoms with E-state index in [-0.39, 0.29) is 18.3 Å². The van der Waals surface area contributed by atoms with Crippen LogP contribution in [-0.4, -0.2) is 10.9 Å². The SMILES string of the molecule is O=C(Nc1ccc(Br)c2cccnc12)c1ccc(COc2ccc3ccccc3c2)o1. The molecule has 1 N–H and O–H groups in total. The molecule has 5 rings (SSSR count). The number of nitrogens with zero attached hydrogens (tertiary/aromatic N) is 1. The Balaban J connectivity index is 1.29. The summed E-state index contributed by atoms with van der Waals surface area (Å²) >= 11 is 3.51. The zero-order valence-corrected chi connectivity index (χ0v) is 17.9. The maximum absolute atomic E-state index is 12.7. The summed E-state index contributed by atoms with van der Waals surface area (Å²) in [4.78, 5) is 17.1. The minimum Gasteiger partial charge on any atom is -0.486 e. The monoisotopic (exact) mass is 472 g/mol. The minimum absolute atomic E-state index is 0.212. The molecule has 5 aromatic rings. The molecule has 2 heterocycles. The van der Waals surface area contributed by atoms with Gasteiger partial charge in [0.2, 0.25) is 0 Å². The van der Waals surface area contributed by atoms with Crippen molar-refractivity contribution in [1.82, 2.24) is 4.98 Å². The van der Waals surface area contributed by atoms with Crippen LogP contribution in [0.15, 0.2) is 93.9 Å². The molecule has 152 valence electrons. The average Bonchev–Trinajstić information content (AvgIpc) is 3.29. The molecule has 0 radical (unpaired) electrons. The van der Waals surface area contributed by atoms with Crippen molar-refractivity contribution in [2.75, 3.05) is 5.32 Å². The van der Waals surface area contributed by atoms with Gasteiger partial charge in [-0.15, -0.1) is 0 Å². The van der Waals surface area contributed by atoms with Crippen LogP contribution in [0.2, 0.25) is 0 Å². The lowest BCUT2D eigenvalue weighted by Gasteiger charge is -2.08. The molecule has 31 heavy (non-hydrogen) atoms. The second-order valence-corrected chi connectivity index (χ2v) is 7.87. The Morgan fingerprint density at radius 2 is 1.84 bits per heavy atom. The first kappa shape index (κ1) is 19.3. The summed E-state index contributed by atoms with van der Waals surface area (Å²) in [5.74, 6) is 1.18. The summed E-state index contributed by atoms with van der Waals surface area (Å²) in [7, 11) is 0. The van der Waals surface area contributed by atoms with E-state index < -0.39 is 0 Å². The van der Waals surface area contributed by atoms with Crippen molar-refractivity contribution in [3.63, 3.8) is 0 Å². The number of pyridine rings is 1. The van der Waals surface area contributed by atoms with Crippen molar-refractivity contribution in [3.8, 4) is 5.75 Å². The predicted molar refractivity (Wildman–Crippen MR) is 124 cm³/mol. The Hall–Kier alpha value is -3.64. The van der Waals surface area contributed by atoms with E-state index in [2.05, 4.69) is 32.3 Å². The lowest BCUT2D eigenvalue weighted by atomic mass is 10.1. The Bertz CT molecular complexity index is 1410. The second kappa shape index (κ2) is 8.24. The fraction of sp³-hybridized carbons (Fsp3) is 0.0400. The number of ether oxygens (including phenoxy) is 1. The molecule has 2 aromatic heterocycles. The van der Waals surface area contributed by atoms with E-state index in [0.29, 0.717) is 17.0 Å². The summed E-state index contributed by atoms with van der Waals surface area (Å²) in [5, 5.41) is 6.06. The number of furan rings is 1. The first-order valence-corrected chi connectivity index (χ1v) is 10.5. The van der Waals surface area contributed by atoms with Crippen molar-refractivity contribution in [3.05, 3.63) is 101 Å². The number of aromatic nitrogens is 1. The highest BCUT2D eigenvalue weighted by atomic mass is 79.9. The van der Waals surface area contributed by atoms with Crippen molar-refractivity contribution >= 4 is 49.2 Å². The fourth-order valence-corrected chi connectivity index (χ4v) is 3.86. The Kier molecular flexibility index (Phi) is 5.14. The molecule has 6 heteroatoms. The Morgan fingerprint density at radius 3 is 2.74 bits per heavy atom. The summed E-state index contributed by atoms with van der Waals surface area (Å²) in [6.07, 6.45) is 1.69. The van der Waals surface area contributed by atoms with Gasteiger partial charge in [0, 0.05) is 16.1 Å². The van der Waals surface area contributed by atoms with Crippen molar-refractivity contribution in [1.29, 1.82) is 0 Å². The maximum Gasteiger partial charge on any atom is 0.291 e. The molecule has 0 saturated heterocycles. The van der Waals surface area contributed by atoms with E-state index in [0.717, 1.165) is 26.4 Å². The lowest BCUT2D eigenvalue weighted by molar-refractivity contribution is 0.0992. The van der Waals surface area contributed by atoms with Crippen LogP contribution < -0.4 is 10.1 Å². The molecule has 0 aliphatic carbocycles. The highest BCUT2D eigenvalue weighted by molar-refractivity contribution is 9.10. The molecular formula is C25H17BrN2O3. The number of rotatable bonds is 5. The number of amides is 1. The second-order valence-electron chi connectivity index (χ2n) is 7.01. The largest absolute Gasteiger partial charge is 0.486 e. The van der Waals surface area contributed by atoms with Crippen LogP contribution in [-0.2, 0) is 6.61 Å². The number of carbonyl (C=O) groups is 1. The highest BCUT2D eigenvalue weighted by Gasteiger charge is 2.14. The zero-order chi connectivity index (χ0) is 21.2. The van der Waals surface area contributed by atoms with Gasteiger partial charge < -0.3 is 14.5 Å². The van der Waals surface area contributed by atoms with E-state index in [4.69, 9.17) is 9.15 Å². The van der Waals surface area contributed by atoms with Gasteiger partial charge in [-0.1, -0.05) is 52.3 Å². The molecule has 0 fully saturated rings. The number of carbonyl (C=O) groups excluding carboxylic acids is 1. The van der Waals surface area contributed by atoms with Crippen LogP contribution in [0.5, 0.6) is 5.75 Å². The number of fused-ring (bicyclic) bond motifs is 2. The number of hydrogen-bond acceptors (Lipinski definition) is 4. The van der Waals surface area contributed by atoms with Gasteiger partial charge >= 0.3 is 0 Å². The molecule has 0 bridgehead atoms. The molecule has 0 aliphatic heterocycles. The van der Waals surface area contributed by atoms with Gasteiger partial charge in [0.15, 0.2) is 5.76 Å². The van der Waals surface area contributed by atoms with Crippen molar-refractivity contribution in [2.45, 2.75) is 6.61 Å². The summed E-state index contributed by atoms with van der Waals surface area (Å²) in [6.45, 7) is 0.231. The zero-order valence-electron chi connectivity index (χ0n) is 16.3. The number of benzene rings is 3. The van der Waals surface area contributed by atoms with Gasteiger partial charge in [-0.3, -0.25) is 9.78 Å². The van der Waals surface area contributed by atoms with E-state index in [1.807, 2.05) is 60.7 Å². The lowest BCUT2D eigenvalue weighted by Crippen LogP contribution is -2.11. The van der Waals surface area contributed by atoms with Gasteiger partial charge in [0.1, 0.15) is 18.1 Å². The van der Waals surface area contributed by atoms with Crippen molar-refractivity contribution in [2.24, 2.45) is 0 Å². The number of halogens is 1. The maximum atomic E-state index is 12.7. The summed E-state index contributed by atoms with van der Waals surface area (Å²) in [6, 6.07) is 24.9. The van der Waals surface area contributed by atoms with Gasteiger partial charge in [-0.05, 0) is 53.2 Å². The van der Waals surface area contributed by atoms with Crippen LogP contribution in [0.1, 0.15) is 16.3 Å². The molecule has 1 amide bonds. The standard InChI is InChI=1S/C25H17BrN2O3/c26-21-10-11-22(24-20(21)6-3-13-27-24)28-25(29)23-12-9-19(31-23)15-30-18-8-7-16-4-1-2-5-17(16)14-18/h1-14H,15H2,(H,28,29). The molecule has 0 aliphatic rings. The van der Waals surface area contributed by atoms with Crippen LogP contribution in [0, 0.1) is 0 Å². The molecule has 0 atom stereocenters. The summed E-state index contributed by atoms with van der Waals surface area (Å²) in [5.41, 5.74) is 1.32. The normalized spacial score (nSPS) is 11.0. The molecule has 0 saturated carbocycles. The average molecular weight is 473 g/mol. The van der Waals surface area contributed by atoms with E-state index >= 15 is 0 Å². The molecule has 0 unspecified atom stereocenters. The smallest absolute Gasteiger partial charge is 0.291 e. The Morgan fingerprint density at radius 1 is 0.968 bits per heavy atom. The number of anilines is 1. The number of nitrogens with one attached hydrogen (secondary N) is 1. The molecular weight excluding hydrogens is 456 g/mol. The van der Waals surface area contributed by atoms with E-state index in [1.54, 1.807) is 18.3 Å². The van der Waals surface area contributed by atoms with Crippen LogP contribution >= 0.6 is 15.9 Å². The third-order valence-corrected chi connectivity index (χ3v) is 5.64. The number of hydrogen-bond donors (Lipinski definition) is 1. The molecule has 3 aromatic carbocycles. The van der Waals surface area contributed by atoms with Gasteiger partial charge in [-0.2, -0.15) is 0 Å². The van der Waals surface area contributed by atoms with Crippen molar-refractivity contribution < 1.29 is 13.9 Å². The predicted octanol–water partition coefficient (Wildman–Crippen LogP) is 6.57. The minimum atomic E-state index is -0.341. The Labute approximate surface area is 186 Å². The van der Waals surface area contributed by atoms with Gasteiger partial charge in [-0.25, -0.2) is 0 Å². The van der Waals surface area contributed by atoms with E-state index in [9.17, 15) is 4.79 Å². The fourth-order valence-electron chi connectivity index (χ4n) is 3.41.